The molecule has 1 aromatic heterocycles. The first kappa shape index (κ1) is 48.6. The molecule has 338 valence electrons. The molecular formula is C33H29N9O17S5. The monoisotopic (exact) mass is 983 g/mol. The summed E-state index contributed by atoms with van der Waals surface area (Å²) in [4.78, 5) is 34.8. The molecule has 5 rings (SSSR count). The maximum atomic E-state index is 12.8. The molecule has 0 fully saturated rings. The standard InChI is InChI=1S/C33H29N9O17S5/c43-27(44)17-60-33-37-31(34-19-7-4-8-21(13-19)62(49,50)12-11-57-64(54,55)56)36-32(38-33)35-25-15-22(63(51,52)53)16-26(28(25)45)40-42-29(18-5-2-1-3-6-18)41-39-24-10-9-20(61-59-58-48)14-23(24)30(46)47/h1-10,13-16,39,45,48H,11-12,17H2,(H,43,44)(H,46,47)(H,51,52,53)(H,54,55,56)(H2,34,35,36,37,38)/b41-29-,42-40?. The summed E-state index contributed by atoms with van der Waals surface area (Å²) >= 11 is 1.11. The van der Waals surface area contributed by atoms with E-state index in [0.717, 1.165) is 18.2 Å². The molecule has 0 amide bonds. The van der Waals surface area contributed by atoms with Crippen LogP contribution in [0.15, 0.2) is 120 Å². The van der Waals surface area contributed by atoms with Crippen LogP contribution < -0.4 is 16.1 Å². The number of nitrogens with one attached hydrogen (secondary N) is 3. The molecule has 64 heavy (non-hydrogen) atoms. The third-order valence-electron chi connectivity index (χ3n) is 7.53. The van der Waals surface area contributed by atoms with Crippen LogP contribution in [0.25, 0.3) is 0 Å². The Morgan fingerprint density at radius 3 is 2.17 bits per heavy atom. The molecule has 0 unspecified atom stereocenters. The molecule has 26 nitrogen and oxygen atoms in total. The molecule has 0 radical (unpaired) electrons. The van der Waals surface area contributed by atoms with Crippen LogP contribution in [0.1, 0.15) is 15.9 Å². The third-order valence-corrected chi connectivity index (χ3v) is 11.9. The molecule has 5 aromatic rings. The summed E-state index contributed by atoms with van der Waals surface area (Å²) in [6, 6.07) is 18.3. The number of anilines is 5. The molecule has 0 aliphatic rings. The van der Waals surface area contributed by atoms with Crippen molar-refractivity contribution in [2.24, 2.45) is 15.3 Å². The number of hydrazone groups is 1. The second-order valence-electron chi connectivity index (χ2n) is 12.0. The number of carboxylic acids is 2. The predicted molar refractivity (Wildman–Crippen MR) is 224 cm³/mol. The molecule has 0 aliphatic carbocycles. The highest BCUT2D eigenvalue weighted by Crippen LogP contribution is 2.39. The minimum absolute atomic E-state index is 0.0327. The van der Waals surface area contributed by atoms with Gasteiger partial charge in [0.25, 0.3) is 10.1 Å². The molecule has 9 N–H and O–H groups in total. The van der Waals surface area contributed by atoms with Crippen LogP contribution >= 0.6 is 23.8 Å². The Kier molecular flexibility index (Phi) is 16.2. The number of amidine groups is 1. The molecule has 0 atom stereocenters. The van der Waals surface area contributed by atoms with Crippen molar-refractivity contribution in [3.05, 3.63) is 96.1 Å². The Labute approximate surface area is 369 Å². The first-order valence-corrected chi connectivity index (χ1v) is 23.2. The van der Waals surface area contributed by atoms with E-state index in [1.165, 1.54) is 48.5 Å². The number of sulfone groups is 1. The van der Waals surface area contributed by atoms with Gasteiger partial charge in [-0.3, -0.25) is 19.3 Å². The Hall–Kier alpha value is -6.39. The van der Waals surface area contributed by atoms with Crippen molar-refractivity contribution in [2.45, 2.75) is 19.8 Å². The number of azo groups is 1. The lowest BCUT2D eigenvalue weighted by molar-refractivity contribution is -0.432. The number of hydrogen-bond donors (Lipinski definition) is 9. The van der Waals surface area contributed by atoms with E-state index in [1.54, 1.807) is 18.2 Å². The van der Waals surface area contributed by atoms with Crippen LogP contribution in [0.5, 0.6) is 5.75 Å². The fourth-order valence-electron chi connectivity index (χ4n) is 4.81. The number of nitrogens with zero attached hydrogens (tertiary/aromatic N) is 6. The van der Waals surface area contributed by atoms with E-state index >= 15 is 0 Å². The molecule has 0 bridgehead atoms. The topological polar surface area (TPSA) is 397 Å². The second kappa shape index (κ2) is 21.3. The van der Waals surface area contributed by atoms with E-state index in [2.05, 4.69) is 59.9 Å². The zero-order chi connectivity index (χ0) is 46.7. The van der Waals surface area contributed by atoms with Gasteiger partial charge in [-0.1, -0.05) is 53.2 Å². The van der Waals surface area contributed by atoms with Gasteiger partial charge >= 0.3 is 22.3 Å². The Balaban J connectivity index is 1.51. The van der Waals surface area contributed by atoms with Crippen LogP contribution in [0.2, 0.25) is 0 Å². The van der Waals surface area contributed by atoms with Crippen molar-refractivity contribution in [2.75, 3.05) is 34.2 Å². The first-order chi connectivity index (χ1) is 30.2. The Bertz CT molecular complexity index is 2950. The van der Waals surface area contributed by atoms with Gasteiger partial charge in [0.1, 0.15) is 5.69 Å². The normalized spacial score (nSPS) is 12.3. The van der Waals surface area contributed by atoms with Gasteiger partial charge in [0.05, 0.1) is 56.9 Å². The number of carbonyl (C=O) groups is 2. The summed E-state index contributed by atoms with van der Waals surface area (Å²) in [5.41, 5.74) is 1.41. The number of rotatable bonds is 21. The molecule has 31 heteroatoms. The fraction of sp³-hybridized carbons (Fsp3) is 0.0909. The predicted octanol–water partition coefficient (Wildman–Crippen LogP) is 4.77. The van der Waals surface area contributed by atoms with Gasteiger partial charge in [-0.2, -0.15) is 36.9 Å². The lowest BCUT2D eigenvalue weighted by Gasteiger charge is -2.13. The number of benzene rings is 4. The lowest BCUT2D eigenvalue weighted by atomic mass is 10.2. The molecule has 0 saturated heterocycles. The van der Waals surface area contributed by atoms with Gasteiger partial charge in [-0.25, -0.2) is 22.7 Å². The van der Waals surface area contributed by atoms with E-state index in [1.807, 2.05) is 0 Å². The summed E-state index contributed by atoms with van der Waals surface area (Å²) in [6.07, 6.45) is 0. The average Bonchev–Trinajstić information content (AvgIpc) is 3.23. The maximum Gasteiger partial charge on any atom is 0.397 e. The first-order valence-electron chi connectivity index (χ1n) is 17.0. The van der Waals surface area contributed by atoms with E-state index in [9.17, 15) is 54.7 Å². The van der Waals surface area contributed by atoms with E-state index in [-0.39, 0.29) is 49.2 Å². The summed E-state index contributed by atoms with van der Waals surface area (Å²) in [6.45, 7) is -0.898. The van der Waals surface area contributed by atoms with Gasteiger partial charge in [-0.05, 0) is 48.5 Å². The summed E-state index contributed by atoms with van der Waals surface area (Å²) in [5, 5.41) is 59.5. The number of aliphatic carboxylic acids is 1. The zero-order valence-electron chi connectivity index (χ0n) is 31.6. The molecule has 0 saturated carbocycles. The number of aromatic nitrogens is 3. The smallest absolute Gasteiger partial charge is 0.397 e. The number of aromatic carboxylic acids is 1. The third kappa shape index (κ3) is 14.3. The van der Waals surface area contributed by atoms with E-state index in [0.29, 0.717) is 23.8 Å². The number of thioether (sulfide) groups is 1. The van der Waals surface area contributed by atoms with E-state index in [4.69, 9.17) is 9.81 Å². The van der Waals surface area contributed by atoms with Crippen molar-refractivity contribution < 1.29 is 78.1 Å². The van der Waals surface area contributed by atoms with Crippen LogP contribution in [-0.4, -0.2) is 106 Å². The number of phenolic OH excluding ortho intramolecular Hbond substituents is 1. The SMILES string of the molecule is O=C(O)CSc1nc(Nc2cccc(S(=O)(=O)CCOS(=O)(=O)O)c2)nc(Nc2cc(S(=O)(=O)O)cc(N=N/C(=N\Nc3ccc(SOOO)cc3C(=O)O)c3ccccc3)c2O)n1. The van der Waals surface area contributed by atoms with Crippen LogP contribution in [0.4, 0.5) is 34.6 Å². The molecule has 0 spiro atoms. The Morgan fingerprint density at radius 1 is 0.797 bits per heavy atom. The highest BCUT2D eigenvalue weighted by Gasteiger charge is 2.21. The summed E-state index contributed by atoms with van der Waals surface area (Å²) in [5.74, 6) is -5.93. The molecular weight excluding hydrogens is 955 g/mol. The summed E-state index contributed by atoms with van der Waals surface area (Å²) in [7, 11) is -14.1. The van der Waals surface area contributed by atoms with Gasteiger partial charge in [0.2, 0.25) is 17.7 Å². The van der Waals surface area contributed by atoms with Crippen molar-refractivity contribution >= 4 is 107 Å². The molecule has 4 aromatic carbocycles. The number of carboxylic acid groups (broad SMARTS) is 2. The summed E-state index contributed by atoms with van der Waals surface area (Å²) < 4.78 is 99.4. The minimum atomic E-state index is -5.04. The largest absolute Gasteiger partial charge is 0.504 e. The second-order valence-corrected chi connectivity index (χ2v) is 18.3. The van der Waals surface area contributed by atoms with Crippen molar-refractivity contribution in [1.29, 1.82) is 0 Å². The van der Waals surface area contributed by atoms with Crippen molar-refractivity contribution in [1.82, 2.24) is 15.0 Å². The van der Waals surface area contributed by atoms with Crippen LogP contribution in [0.3, 0.4) is 0 Å². The zero-order valence-corrected chi connectivity index (χ0v) is 35.7. The Morgan fingerprint density at radius 2 is 1.52 bits per heavy atom. The highest BCUT2D eigenvalue weighted by molar-refractivity contribution is 7.99. The molecule has 0 aliphatic heterocycles. The van der Waals surface area contributed by atoms with E-state index < -0.39 is 88.4 Å². The highest BCUT2D eigenvalue weighted by atomic mass is 32.3. The van der Waals surface area contributed by atoms with Crippen LogP contribution in [0, 0.1) is 0 Å². The van der Waals surface area contributed by atoms with Crippen molar-refractivity contribution in [3.63, 3.8) is 0 Å². The van der Waals surface area contributed by atoms with Crippen LogP contribution in [-0.2, 0) is 48.7 Å². The number of aromatic hydroxyl groups is 1. The fourth-order valence-corrected chi connectivity index (χ4v) is 7.82. The van der Waals surface area contributed by atoms with Gasteiger partial charge in [0.15, 0.2) is 20.7 Å². The maximum absolute atomic E-state index is 12.8. The number of hydrogen-bond acceptors (Lipinski definition) is 23. The average molecular weight is 984 g/mol. The van der Waals surface area contributed by atoms with Gasteiger partial charge in [0, 0.05) is 16.1 Å². The van der Waals surface area contributed by atoms with Gasteiger partial charge < -0.3 is 26.0 Å². The minimum Gasteiger partial charge on any atom is -0.504 e. The number of phenols is 1. The van der Waals surface area contributed by atoms with Gasteiger partial charge in [-0.15, -0.1) is 14.6 Å². The van der Waals surface area contributed by atoms with Crippen molar-refractivity contribution in [3.8, 4) is 5.75 Å². The quantitative estimate of drug-likeness (QED) is 0.00550. The lowest BCUT2D eigenvalue weighted by Crippen LogP contribution is -2.15. The molecule has 1 heterocycles.